The fraction of sp³-hybridized carbons (Fsp3) is 0.500. The van der Waals surface area contributed by atoms with E-state index in [-0.39, 0.29) is 17.8 Å². The van der Waals surface area contributed by atoms with Crippen LogP contribution in [0.1, 0.15) is 26.2 Å². The number of anilines is 1. The van der Waals surface area contributed by atoms with Gasteiger partial charge in [-0.25, -0.2) is 4.39 Å². The van der Waals surface area contributed by atoms with Crippen molar-refractivity contribution in [3.63, 3.8) is 0 Å². The molecular formula is C14H19FN2O. The lowest BCUT2D eigenvalue weighted by Gasteiger charge is -2.28. The first-order chi connectivity index (χ1) is 8.69. The molecule has 2 atom stereocenters. The minimum atomic E-state index is -0.337. The van der Waals surface area contributed by atoms with Gasteiger partial charge < -0.3 is 10.6 Å². The van der Waals surface area contributed by atoms with Gasteiger partial charge in [0.25, 0.3) is 0 Å². The van der Waals surface area contributed by atoms with E-state index in [0.717, 1.165) is 25.8 Å². The van der Waals surface area contributed by atoms with Crippen LogP contribution in [0, 0.1) is 11.7 Å². The van der Waals surface area contributed by atoms with Crippen LogP contribution in [0.5, 0.6) is 0 Å². The monoisotopic (exact) mass is 250 g/mol. The predicted octanol–water partition coefficient (Wildman–Crippen LogP) is 2.54. The molecule has 1 fully saturated rings. The molecule has 1 saturated heterocycles. The second kappa shape index (κ2) is 5.96. The number of carbonyl (C=O) groups is 1. The molecule has 2 rings (SSSR count). The standard InChI is InChI=1S/C14H19FN2O/c1-2-10-6-7-16-13(8-10)14(18)17-12-5-3-4-11(15)9-12/h3-5,9-10,13,16H,2,6-8H2,1H3,(H,17,18). The Morgan fingerprint density at radius 2 is 2.39 bits per heavy atom. The molecule has 1 aromatic carbocycles. The Morgan fingerprint density at radius 1 is 1.56 bits per heavy atom. The van der Waals surface area contributed by atoms with Crippen molar-refractivity contribution >= 4 is 11.6 Å². The lowest BCUT2D eigenvalue weighted by Crippen LogP contribution is -2.46. The zero-order valence-electron chi connectivity index (χ0n) is 10.6. The van der Waals surface area contributed by atoms with Crippen molar-refractivity contribution in [1.29, 1.82) is 0 Å². The van der Waals surface area contributed by atoms with Gasteiger partial charge in [-0.15, -0.1) is 0 Å². The molecule has 0 aromatic heterocycles. The minimum Gasteiger partial charge on any atom is -0.325 e. The number of hydrogen-bond donors (Lipinski definition) is 2. The Kier molecular flexibility index (Phi) is 4.31. The number of nitrogens with one attached hydrogen (secondary N) is 2. The van der Waals surface area contributed by atoms with Crippen LogP contribution in [0.3, 0.4) is 0 Å². The number of carbonyl (C=O) groups excluding carboxylic acids is 1. The highest BCUT2D eigenvalue weighted by Crippen LogP contribution is 2.20. The molecule has 98 valence electrons. The van der Waals surface area contributed by atoms with Crippen LogP contribution in [0.2, 0.25) is 0 Å². The zero-order valence-corrected chi connectivity index (χ0v) is 10.6. The van der Waals surface area contributed by atoms with Crippen molar-refractivity contribution in [2.75, 3.05) is 11.9 Å². The van der Waals surface area contributed by atoms with Crippen LogP contribution in [0.15, 0.2) is 24.3 Å². The summed E-state index contributed by atoms with van der Waals surface area (Å²) in [5, 5.41) is 5.97. The van der Waals surface area contributed by atoms with Gasteiger partial charge in [0.05, 0.1) is 6.04 Å². The van der Waals surface area contributed by atoms with Gasteiger partial charge in [-0.3, -0.25) is 4.79 Å². The quantitative estimate of drug-likeness (QED) is 0.865. The summed E-state index contributed by atoms with van der Waals surface area (Å²) < 4.78 is 13.0. The summed E-state index contributed by atoms with van der Waals surface area (Å²) in [6.07, 6.45) is 3.09. The van der Waals surface area contributed by atoms with Crippen molar-refractivity contribution in [2.45, 2.75) is 32.2 Å². The first-order valence-corrected chi connectivity index (χ1v) is 6.49. The number of hydrogen-bond acceptors (Lipinski definition) is 2. The molecule has 3 nitrogen and oxygen atoms in total. The van der Waals surface area contributed by atoms with Crippen molar-refractivity contribution in [1.82, 2.24) is 5.32 Å². The molecule has 0 spiro atoms. The van der Waals surface area contributed by atoms with Crippen LogP contribution >= 0.6 is 0 Å². The normalized spacial score (nSPS) is 23.7. The number of benzene rings is 1. The van der Waals surface area contributed by atoms with Crippen LogP contribution in [0.4, 0.5) is 10.1 Å². The highest BCUT2D eigenvalue weighted by molar-refractivity contribution is 5.94. The lowest BCUT2D eigenvalue weighted by molar-refractivity contribution is -0.119. The fourth-order valence-electron chi connectivity index (χ4n) is 2.36. The third-order valence-electron chi connectivity index (χ3n) is 3.50. The largest absolute Gasteiger partial charge is 0.325 e. The average Bonchev–Trinajstić information content (AvgIpc) is 2.39. The van der Waals surface area contributed by atoms with Crippen molar-refractivity contribution in [3.05, 3.63) is 30.1 Å². The summed E-state index contributed by atoms with van der Waals surface area (Å²) in [4.78, 5) is 12.0. The highest BCUT2D eigenvalue weighted by atomic mass is 19.1. The number of halogens is 1. The Bertz CT molecular complexity index is 422. The second-order valence-corrected chi connectivity index (χ2v) is 4.80. The maximum Gasteiger partial charge on any atom is 0.241 e. The molecule has 18 heavy (non-hydrogen) atoms. The summed E-state index contributed by atoms with van der Waals surface area (Å²) in [7, 11) is 0. The Hall–Kier alpha value is -1.42. The molecule has 1 aliphatic rings. The van der Waals surface area contributed by atoms with E-state index in [1.807, 2.05) is 0 Å². The van der Waals surface area contributed by atoms with E-state index in [4.69, 9.17) is 0 Å². The third-order valence-corrected chi connectivity index (χ3v) is 3.50. The van der Waals surface area contributed by atoms with Gasteiger partial charge in [-0.2, -0.15) is 0 Å². The Balaban J connectivity index is 1.95. The SMILES string of the molecule is CCC1CCNC(C(=O)Nc2cccc(F)c2)C1. The van der Waals surface area contributed by atoms with Gasteiger partial charge >= 0.3 is 0 Å². The Morgan fingerprint density at radius 3 is 3.11 bits per heavy atom. The molecule has 0 bridgehead atoms. The maximum atomic E-state index is 13.0. The molecule has 4 heteroatoms. The first-order valence-electron chi connectivity index (χ1n) is 6.49. The number of rotatable bonds is 3. The molecular weight excluding hydrogens is 231 g/mol. The van der Waals surface area contributed by atoms with E-state index in [1.54, 1.807) is 12.1 Å². The summed E-state index contributed by atoms with van der Waals surface area (Å²) in [6, 6.07) is 5.82. The Labute approximate surface area is 107 Å². The van der Waals surface area contributed by atoms with E-state index in [1.165, 1.54) is 12.1 Å². The van der Waals surface area contributed by atoms with Gasteiger partial charge in [0.15, 0.2) is 0 Å². The van der Waals surface area contributed by atoms with Gasteiger partial charge in [-0.1, -0.05) is 19.4 Å². The lowest BCUT2D eigenvalue weighted by atomic mass is 9.90. The summed E-state index contributed by atoms with van der Waals surface area (Å²) in [5.74, 6) is 0.198. The van der Waals surface area contributed by atoms with Crippen LogP contribution in [-0.2, 0) is 4.79 Å². The van der Waals surface area contributed by atoms with Crippen molar-refractivity contribution in [2.24, 2.45) is 5.92 Å². The van der Waals surface area contributed by atoms with E-state index in [2.05, 4.69) is 17.6 Å². The maximum absolute atomic E-state index is 13.0. The molecule has 0 radical (unpaired) electrons. The second-order valence-electron chi connectivity index (χ2n) is 4.80. The minimum absolute atomic E-state index is 0.0706. The molecule has 2 N–H and O–H groups in total. The molecule has 1 aliphatic heterocycles. The molecule has 0 saturated carbocycles. The summed E-state index contributed by atoms with van der Waals surface area (Å²) >= 11 is 0. The molecule has 1 aromatic rings. The number of piperidine rings is 1. The van der Waals surface area contributed by atoms with Gasteiger partial charge in [0.2, 0.25) is 5.91 Å². The van der Waals surface area contributed by atoms with Gasteiger partial charge in [0, 0.05) is 5.69 Å². The van der Waals surface area contributed by atoms with Crippen molar-refractivity contribution < 1.29 is 9.18 Å². The van der Waals surface area contributed by atoms with E-state index in [0.29, 0.717) is 11.6 Å². The van der Waals surface area contributed by atoms with Crippen molar-refractivity contribution in [3.8, 4) is 0 Å². The zero-order chi connectivity index (χ0) is 13.0. The molecule has 0 aliphatic carbocycles. The third kappa shape index (κ3) is 3.29. The topological polar surface area (TPSA) is 41.1 Å². The highest BCUT2D eigenvalue weighted by Gasteiger charge is 2.25. The van der Waals surface area contributed by atoms with Crippen LogP contribution < -0.4 is 10.6 Å². The number of amides is 1. The van der Waals surface area contributed by atoms with Crippen LogP contribution in [-0.4, -0.2) is 18.5 Å². The molecule has 1 heterocycles. The van der Waals surface area contributed by atoms with E-state index < -0.39 is 0 Å². The molecule has 1 amide bonds. The summed E-state index contributed by atoms with van der Waals surface area (Å²) in [6.45, 7) is 3.03. The van der Waals surface area contributed by atoms with E-state index in [9.17, 15) is 9.18 Å². The molecule has 2 unspecified atom stereocenters. The summed E-state index contributed by atoms with van der Waals surface area (Å²) in [5.41, 5.74) is 0.514. The predicted molar refractivity (Wildman–Crippen MR) is 69.8 cm³/mol. The van der Waals surface area contributed by atoms with Crippen LogP contribution in [0.25, 0.3) is 0 Å². The average molecular weight is 250 g/mol. The first kappa shape index (κ1) is 13.0. The van der Waals surface area contributed by atoms with Gasteiger partial charge in [0.1, 0.15) is 5.82 Å². The smallest absolute Gasteiger partial charge is 0.241 e. The van der Waals surface area contributed by atoms with Gasteiger partial charge in [-0.05, 0) is 43.5 Å². The van der Waals surface area contributed by atoms with E-state index >= 15 is 0 Å². The fourth-order valence-corrected chi connectivity index (χ4v) is 2.36.